The number of urea groups is 1. The third-order valence-electron chi connectivity index (χ3n) is 2.96. The van der Waals surface area contributed by atoms with Crippen LogP contribution >= 0.6 is 0 Å². The van der Waals surface area contributed by atoms with Crippen molar-refractivity contribution >= 4 is 6.03 Å². The Balaban J connectivity index is 2.18. The highest BCUT2D eigenvalue weighted by Crippen LogP contribution is 2.26. The SMILES string of the molecule is Cc1ccc(C2CN(C(C)(C)C#N)C(=O)N2)o1. The highest BCUT2D eigenvalue weighted by Gasteiger charge is 2.40. The zero-order chi connectivity index (χ0) is 12.6. The quantitative estimate of drug-likeness (QED) is 0.848. The first-order valence-electron chi connectivity index (χ1n) is 5.50. The second-order valence-electron chi connectivity index (χ2n) is 4.73. The van der Waals surface area contributed by atoms with E-state index < -0.39 is 5.54 Å². The van der Waals surface area contributed by atoms with Gasteiger partial charge in [-0.05, 0) is 32.9 Å². The van der Waals surface area contributed by atoms with Crippen molar-refractivity contribution in [3.63, 3.8) is 0 Å². The minimum Gasteiger partial charge on any atom is -0.464 e. The lowest BCUT2D eigenvalue weighted by Gasteiger charge is -2.27. The van der Waals surface area contributed by atoms with E-state index in [0.29, 0.717) is 6.54 Å². The van der Waals surface area contributed by atoms with Gasteiger partial charge in [0, 0.05) is 0 Å². The van der Waals surface area contributed by atoms with E-state index in [-0.39, 0.29) is 12.1 Å². The summed E-state index contributed by atoms with van der Waals surface area (Å²) in [5, 5.41) is 11.9. The van der Waals surface area contributed by atoms with E-state index in [2.05, 4.69) is 11.4 Å². The molecule has 5 heteroatoms. The molecule has 17 heavy (non-hydrogen) atoms. The van der Waals surface area contributed by atoms with Gasteiger partial charge in [-0.15, -0.1) is 0 Å². The minimum atomic E-state index is -0.805. The maximum absolute atomic E-state index is 11.8. The maximum Gasteiger partial charge on any atom is 0.319 e. The summed E-state index contributed by atoms with van der Waals surface area (Å²) in [6.07, 6.45) is 0. The normalized spacial score (nSPS) is 20.2. The fourth-order valence-electron chi connectivity index (χ4n) is 1.88. The number of hydrogen-bond acceptors (Lipinski definition) is 3. The van der Waals surface area contributed by atoms with Gasteiger partial charge < -0.3 is 14.6 Å². The fourth-order valence-corrected chi connectivity index (χ4v) is 1.88. The van der Waals surface area contributed by atoms with Crippen LogP contribution in [0.15, 0.2) is 16.5 Å². The van der Waals surface area contributed by atoms with E-state index >= 15 is 0 Å². The molecule has 1 aromatic rings. The van der Waals surface area contributed by atoms with Crippen molar-refractivity contribution < 1.29 is 9.21 Å². The van der Waals surface area contributed by atoms with Gasteiger partial charge in [0.05, 0.1) is 12.6 Å². The zero-order valence-corrected chi connectivity index (χ0v) is 10.2. The summed E-state index contributed by atoms with van der Waals surface area (Å²) in [4.78, 5) is 13.3. The van der Waals surface area contributed by atoms with Crippen LogP contribution in [0.2, 0.25) is 0 Å². The van der Waals surface area contributed by atoms with Gasteiger partial charge in [0.1, 0.15) is 23.1 Å². The molecule has 1 saturated heterocycles. The van der Waals surface area contributed by atoms with Gasteiger partial charge in [0.2, 0.25) is 0 Å². The zero-order valence-electron chi connectivity index (χ0n) is 10.2. The standard InChI is InChI=1S/C12H15N3O2/c1-8-4-5-10(17-8)9-6-15(11(16)14-9)12(2,3)7-13/h4-5,9H,6H2,1-3H3,(H,14,16). The Morgan fingerprint density at radius 3 is 2.82 bits per heavy atom. The highest BCUT2D eigenvalue weighted by atomic mass is 16.3. The molecule has 0 radical (unpaired) electrons. The van der Waals surface area contributed by atoms with Crippen LogP contribution in [-0.4, -0.2) is 23.0 Å². The molecule has 2 heterocycles. The second-order valence-corrected chi connectivity index (χ2v) is 4.73. The van der Waals surface area contributed by atoms with Crippen molar-refractivity contribution in [1.29, 1.82) is 5.26 Å². The third-order valence-corrected chi connectivity index (χ3v) is 2.96. The predicted octanol–water partition coefficient (Wildman–Crippen LogP) is 1.96. The van der Waals surface area contributed by atoms with Gasteiger partial charge in [-0.25, -0.2) is 4.79 Å². The Morgan fingerprint density at radius 1 is 1.59 bits per heavy atom. The number of amides is 2. The number of nitriles is 1. The lowest BCUT2D eigenvalue weighted by molar-refractivity contribution is 0.186. The van der Waals surface area contributed by atoms with E-state index in [9.17, 15) is 4.79 Å². The minimum absolute atomic E-state index is 0.177. The molecule has 0 bridgehead atoms. The third kappa shape index (κ3) is 1.98. The number of rotatable bonds is 2. The van der Waals surface area contributed by atoms with Crippen LogP contribution in [0.1, 0.15) is 31.4 Å². The molecule has 2 rings (SSSR count). The first kappa shape index (κ1) is 11.5. The summed E-state index contributed by atoms with van der Waals surface area (Å²) in [7, 11) is 0. The molecular weight excluding hydrogens is 218 g/mol. The van der Waals surface area contributed by atoms with E-state index in [4.69, 9.17) is 9.68 Å². The molecule has 2 amide bonds. The number of hydrogen-bond donors (Lipinski definition) is 1. The lowest BCUT2D eigenvalue weighted by Crippen LogP contribution is -2.44. The van der Waals surface area contributed by atoms with Gasteiger partial charge in [0.15, 0.2) is 0 Å². The van der Waals surface area contributed by atoms with Gasteiger partial charge in [-0.3, -0.25) is 0 Å². The largest absolute Gasteiger partial charge is 0.464 e. The van der Waals surface area contributed by atoms with Gasteiger partial charge in [-0.1, -0.05) is 0 Å². The molecule has 5 nitrogen and oxygen atoms in total. The van der Waals surface area contributed by atoms with Crippen LogP contribution in [0.5, 0.6) is 0 Å². The average Bonchev–Trinajstić information content (AvgIpc) is 2.85. The highest BCUT2D eigenvalue weighted by molar-refractivity contribution is 5.78. The Morgan fingerprint density at radius 2 is 2.29 bits per heavy atom. The molecule has 1 N–H and O–H groups in total. The van der Waals surface area contributed by atoms with Gasteiger partial charge in [0.25, 0.3) is 0 Å². The molecule has 1 unspecified atom stereocenters. The Kier molecular flexibility index (Phi) is 2.58. The van der Waals surface area contributed by atoms with Crippen molar-refractivity contribution in [2.45, 2.75) is 32.4 Å². The molecule has 0 aliphatic carbocycles. The van der Waals surface area contributed by atoms with Crippen LogP contribution in [0.4, 0.5) is 4.79 Å². The summed E-state index contributed by atoms with van der Waals surface area (Å²) in [6, 6.07) is 5.43. The molecule has 0 spiro atoms. The smallest absolute Gasteiger partial charge is 0.319 e. The summed E-state index contributed by atoms with van der Waals surface area (Å²) in [5.74, 6) is 1.54. The van der Waals surface area contributed by atoms with Crippen molar-refractivity contribution in [2.24, 2.45) is 0 Å². The van der Waals surface area contributed by atoms with Crippen LogP contribution in [0.25, 0.3) is 0 Å². The van der Waals surface area contributed by atoms with Crippen molar-refractivity contribution in [1.82, 2.24) is 10.2 Å². The molecule has 90 valence electrons. The summed E-state index contributed by atoms with van der Waals surface area (Å²) in [5.41, 5.74) is -0.805. The van der Waals surface area contributed by atoms with Crippen molar-refractivity contribution in [3.05, 3.63) is 23.7 Å². The molecule has 0 saturated carbocycles. The van der Waals surface area contributed by atoms with Crippen molar-refractivity contribution in [2.75, 3.05) is 6.54 Å². The van der Waals surface area contributed by atoms with Crippen LogP contribution in [-0.2, 0) is 0 Å². The maximum atomic E-state index is 11.8. The topological polar surface area (TPSA) is 69.3 Å². The summed E-state index contributed by atoms with van der Waals surface area (Å²) < 4.78 is 5.49. The van der Waals surface area contributed by atoms with E-state index in [1.807, 2.05) is 19.1 Å². The number of carbonyl (C=O) groups is 1. The van der Waals surface area contributed by atoms with Crippen LogP contribution < -0.4 is 5.32 Å². The van der Waals surface area contributed by atoms with E-state index in [0.717, 1.165) is 11.5 Å². The molecule has 0 aromatic carbocycles. The monoisotopic (exact) mass is 233 g/mol. The van der Waals surface area contributed by atoms with Crippen LogP contribution in [0, 0.1) is 18.3 Å². The Labute approximate surface area is 100 Å². The molecule has 1 aliphatic heterocycles. The predicted molar refractivity (Wildman–Crippen MR) is 61.1 cm³/mol. The number of aryl methyl sites for hydroxylation is 1. The number of furan rings is 1. The van der Waals surface area contributed by atoms with E-state index in [1.165, 1.54) is 4.90 Å². The van der Waals surface area contributed by atoms with Gasteiger partial charge >= 0.3 is 6.03 Å². The van der Waals surface area contributed by atoms with E-state index in [1.54, 1.807) is 13.8 Å². The van der Waals surface area contributed by atoms with Crippen molar-refractivity contribution in [3.8, 4) is 6.07 Å². The Hall–Kier alpha value is -1.96. The first-order chi connectivity index (χ1) is 7.94. The fraction of sp³-hybridized carbons (Fsp3) is 0.500. The second kappa shape index (κ2) is 3.81. The van der Waals surface area contributed by atoms with Gasteiger partial charge in [-0.2, -0.15) is 5.26 Å². The summed E-state index contributed by atoms with van der Waals surface area (Å²) >= 11 is 0. The average molecular weight is 233 g/mol. The number of nitrogens with one attached hydrogen (secondary N) is 1. The number of nitrogens with zero attached hydrogens (tertiary/aromatic N) is 2. The first-order valence-corrected chi connectivity index (χ1v) is 5.50. The Bertz CT molecular complexity index is 484. The molecule has 1 aliphatic rings. The molecular formula is C12H15N3O2. The van der Waals surface area contributed by atoms with Crippen LogP contribution in [0.3, 0.4) is 0 Å². The molecule has 1 fully saturated rings. The number of carbonyl (C=O) groups excluding carboxylic acids is 1. The molecule has 1 atom stereocenters. The summed E-state index contributed by atoms with van der Waals surface area (Å²) in [6.45, 7) is 5.76. The molecule has 1 aromatic heterocycles. The lowest BCUT2D eigenvalue weighted by atomic mass is 10.1.